The maximum absolute atomic E-state index is 4.85. The molecule has 1 unspecified atom stereocenters. The number of aryl methyl sites for hydroxylation is 1. The molecule has 1 atom stereocenters. The predicted molar refractivity (Wildman–Crippen MR) is 72.1 cm³/mol. The van der Waals surface area contributed by atoms with Crippen LogP contribution in [0.1, 0.15) is 23.6 Å². The molecule has 0 N–H and O–H groups in total. The van der Waals surface area contributed by atoms with E-state index in [-0.39, 0.29) is 4.75 Å². The molecular weight excluding hydrogens is 212 g/mol. The number of hydrogen-bond acceptors (Lipinski definition) is 1. The first-order valence-corrected chi connectivity index (χ1v) is 5.99. The largest absolute Gasteiger partial charge is 0.163 e. The Labute approximate surface area is 102 Å². The van der Waals surface area contributed by atoms with Gasteiger partial charge in [0.15, 0.2) is 0 Å². The molecule has 2 aromatic carbocycles. The van der Waals surface area contributed by atoms with Gasteiger partial charge in [-0.25, -0.2) is 0 Å². The lowest BCUT2D eigenvalue weighted by Gasteiger charge is -2.20. The van der Waals surface area contributed by atoms with E-state index in [9.17, 15) is 0 Å². The van der Waals surface area contributed by atoms with Crippen molar-refractivity contribution < 1.29 is 0 Å². The summed E-state index contributed by atoms with van der Waals surface area (Å²) >= 11 is 4.85. The highest BCUT2D eigenvalue weighted by atomic mass is 32.1. The lowest BCUT2D eigenvalue weighted by molar-refractivity contribution is 0.876. The zero-order valence-corrected chi connectivity index (χ0v) is 10.4. The van der Waals surface area contributed by atoms with Gasteiger partial charge in [-0.15, -0.1) is 0 Å². The summed E-state index contributed by atoms with van der Waals surface area (Å²) in [6.07, 6.45) is 0. The highest BCUT2D eigenvalue weighted by Crippen LogP contribution is 2.50. The first-order valence-electron chi connectivity index (χ1n) is 5.54. The van der Waals surface area contributed by atoms with E-state index in [0.717, 1.165) is 0 Å². The second-order valence-corrected chi connectivity index (χ2v) is 5.56. The van der Waals surface area contributed by atoms with Gasteiger partial charge in [0, 0.05) is 0 Å². The fraction of sp³-hybridized carbons (Fsp3) is 0.200. The Morgan fingerprint density at radius 1 is 0.938 bits per heavy atom. The van der Waals surface area contributed by atoms with Crippen LogP contribution in [0.25, 0.3) is 11.1 Å². The van der Waals surface area contributed by atoms with Crippen molar-refractivity contribution in [2.45, 2.75) is 18.6 Å². The summed E-state index contributed by atoms with van der Waals surface area (Å²) in [5.74, 6) is 0. The van der Waals surface area contributed by atoms with Crippen LogP contribution in [0.2, 0.25) is 0 Å². The SMILES string of the molecule is Cc1ccc2c(c1)C(C)(S)c1ccccc1-2. The van der Waals surface area contributed by atoms with E-state index < -0.39 is 0 Å². The standard InChI is InChI=1S/C15H14S/c1-10-7-8-12-11-5-3-4-6-13(11)15(2,16)14(12)9-10/h3-9,16H,1-2H3. The van der Waals surface area contributed by atoms with Crippen LogP contribution in [-0.2, 0) is 4.75 Å². The van der Waals surface area contributed by atoms with Crippen molar-refractivity contribution >= 4 is 12.6 Å². The van der Waals surface area contributed by atoms with Gasteiger partial charge in [0.2, 0.25) is 0 Å². The summed E-state index contributed by atoms with van der Waals surface area (Å²) in [5, 5.41) is 0. The molecule has 0 aliphatic heterocycles. The summed E-state index contributed by atoms with van der Waals surface area (Å²) in [6, 6.07) is 15.2. The molecule has 1 aliphatic carbocycles. The van der Waals surface area contributed by atoms with Crippen molar-refractivity contribution in [2.75, 3.05) is 0 Å². The second-order valence-electron chi connectivity index (χ2n) is 4.67. The van der Waals surface area contributed by atoms with Gasteiger partial charge in [0.1, 0.15) is 0 Å². The molecule has 2 aromatic rings. The first-order chi connectivity index (χ1) is 7.60. The lowest BCUT2D eigenvalue weighted by atomic mass is 9.97. The van der Waals surface area contributed by atoms with Crippen LogP contribution in [0.4, 0.5) is 0 Å². The van der Waals surface area contributed by atoms with Crippen molar-refractivity contribution in [1.29, 1.82) is 0 Å². The monoisotopic (exact) mass is 226 g/mol. The van der Waals surface area contributed by atoms with Gasteiger partial charge in [-0.1, -0.05) is 48.0 Å². The highest BCUT2D eigenvalue weighted by Gasteiger charge is 2.35. The van der Waals surface area contributed by atoms with Crippen LogP contribution in [0.15, 0.2) is 42.5 Å². The summed E-state index contributed by atoms with van der Waals surface area (Å²) in [7, 11) is 0. The summed E-state index contributed by atoms with van der Waals surface area (Å²) in [6.45, 7) is 4.31. The van der Waals surface area contributed by atoms with E-state index in [0.29, 0.717) is 0 Å². The van der Waals surface area contributed by atoms with Crippen molar-refractivity contribution in [3.63, 3.8) is 0 Å². The fourth-order valence-corrected chi connectivity index (χ4v) is 2.96. The molecule has 0 amide bonds. The zero-order valence-electron chi connectivity index (χ0n) is 9.49. The molecule has 1 heteroatoms. The third-order valence-corrected chi connectivity index (χ3v) is 3.92. The average molecular weight is 226 g/mol. The first kappa shape index (κ1) is 9.98. The molecule has 0 fully saturated rings. The Balaban J connectivity index is 2.39. The molecule has 0 saturated carbocycles. The molecule has 80 valence electrons. The topological polar surface area (TPSA) is 0 Å². The van der Waals surface area contributed by atoms with Crippen molar-refractivity contribution in [1.82, 2.24) is 0 Å². The molecule has 0 radical (unpaired) electrons. The normalized spacial score (nSPS) is 21.7. The Hall–Kier alpha value is -1.21. The van der Waals surface area contributed by atoms with Crippen molar-refractivity contribution in [3.05, 3.63) is 59.2 Å². The van der Waals surface area contributed by atoms with Crippen LogP contribution in [-0.4, -0.2) is 0 Å². The van der Waals surface area contributed by atoms with Gasteiger partial charge in [0.25, 0.3) is 0 Å². The lowest BCUT2D eigenvalue weighted by Crippen LogP contribution is -2.11. The Kier molecular flexibility index (Phi) is 1.96. The van der Waals surface area contributed by atoms with E-state index in [2.05, 4.69) is 56.3 Å². The Morgan fingerprint density at radius 2 is 1.62 bits per heavy atom. The zero-order chi connectivity index (χ0) is 11.3. The van der Waals surface area contributed by atoms with E-state index in [4.69, 9.17) is 12.6 Å². The summed E-state index contributed by atoms with van der Waals surface area (Å²) in [5.41, 5.74) is 6.61. The number of fused-ring (bicyclic) bond motifs is 3. The van der Waals surface area contributed by atoms with Crippen LogP contribution in [0.5, 0.6) is 0 Å². The third-order valence-electron chi connectivity index (χ3n) is 3.44. The maximum atomic E-state index is 4.85. The van der Waals surface area contributed by atoms with Crippen LogP contribution < -0.4 is 0 Å². The summed E-state index contributed by atoms with van der Waals surface area (Å²) in [4.78, 5) is 0. The minimum Gasteiger partial charge on any atom is -0.163 e. The fourth-order valence-electron chi connectivity index (χ4n) is 2.58. The highest BCUT2D eigenvalue weighted by molar-refractivity contribution is 7.81. The average Bonchev–Trinajstić information content (AvgIpc) is 2.49. The van der Waals surface area contributed by atoms with Crippen LogP contribution >= 0.6 is 12.6 Å². The van der Waals surface area contributed by atoms with E-state index in [1.807, 2.05) is 0 Å². The van der Waals surface area contributed by atoms with Crippen molar-refractivity contribution in [3.8, 4) is 11.1 Å². The minimum absolute atomic E-state index is 0.155. The molecule has 0 nitrogen and oxygen atoms in total. The van der Waals surface area contributed by atoms with Gasteiger partial charge in [0.05, 0.1) is 4.75 Å². The molecule has 1 aliphatic rings. The third kappa shape index (κ3) is 1.18. The Bertz CT molecular complexity index is 567. The minimum atomic E-state index is -0.155. The maximum Gasteiger partial charge on any atom is 0.0610 e. The molecule has 16 heavy (non-hydrogen) atoms. The van der Waals surface area contributed by atoms with E-state index in [1.165, 1.54) is 27.8 Å². The number of benzene rings is 2. The molecule has 0 aromatic heterocycles. The molecule has 0 heterocycles. The van der Waals surface area contributed by atoms with Gasteiger partial charge in [-0.05, 0) is 36.1 Å². The Morgan fingerprint density at radius 3 is 2.44 bits per heavy atom. The number of thiol groups is 1. The van der Waals surface area contributed by atoms with Gasteiger partial charge in [-0.2, -0.15) is 12.6 Å². The van der Waals surface area contributed by atoms with Gasteiger partial charge in [-0.3, -0.25) is 0 Å². The van der Waals surface area contributed by atoms with E-state index >= 15 is 0 Å². The quantitative estimate of drug-likeness (QED) is 0.640. The number of hydrogen-bond donors (Lipinski definition) is 1. The van der Waals surface area contributed by atoms with Crippen LogP contribution in [0.3, 0.4) is 0 Å². The molecule has 0 saturated heterocycles. The second kappa shape index (κ2) is 3.14. The van der Waals surface area contributed by atoms with Crippen LogP contribution in [0, 0.1) is 6.92 Å². The van der Waals surface area contributed by atoms with E-state index in [1.54, 1.807) is 0 Å². The number of rotatable bonds is 0. The van der Waals surface area contributed by atoms with Gasteiger partial charge >= 0.3 is 0 Å². The molecule has 3 rings (SSSR count). The smallest absolute Gasteiger partial charge is 0.0610 e. The predicted octanol–water partition coefficient (Wildman–Crippen LogP) is 4.17. The molecule has 0 spiro atoms. The summed E-state index contributed by atoms with van der Waals surface area (Å²) < 4.78 is -0.155. The van der Waals surface area contributed by atoms with Crippen molar-refractivity contribution in [2.24, 2.45) is 0 Å². The molecular formula is C15H14S. The van der Waals surface area contributed by atoms with Gasteiger partial charge < -0.3 is 0 Å². The molecule has 0 bridgehead atoms.